The second-order valence-electron chi connectivity index (χ2n) is 7.51. The summed E-state index contributed by atoms with van der Waals surface area (Å²) in [5, 5.41) is 3.39. The van der Waals surface area contributed by atoms with Gasteiger partial charge in [-0.15, -0.1) is 0 Å². The van der Waals surface area contributed by atoms with Crippen molar-refractivity contribution in [3.05, 3.63) is 71.0 Å². The average molecular weight is 367 g/mol. The van der Waals surface area contributed by atoms with Crippen LogP contribution in [0.3, 0.4) is 0 Å². The van der Waals surface area contributed by atoms with Crippen LogP contribution in [0, 0.1) is 5.82 Å². The van der Waals surface area contributed by atoms with Gasteiger partial charge >= 0.3 is 0 Å². The Morgan fingerprint density at radius 1 is 1.07 bits per heavy atom. The summed E-state index contributed by atoms with van der Waals surface area (Å²) >= 11 is 0. The highest BCUT2D eigenvalue weighted by atomic mass is 19.1. The van der Waals surface area contributed by atoms with E-state index >= 15 is 0 Å². The number of rotatable bonds is 4. The average Bonchev–Trinajstić information content (AvgIpc) is 3.23. The largest absolute Gasteiger partial charge is 0.336 e. The Balaban J connectivity index is 1.35. The van der Waals surface area contributed by atoms with Crippen molar-refractivity contribution >= 4 is 5.91 Å². The highest BCUT2D eigenvalue weighted by Crippen LogP contribution is 2.23. The standard InChI is InChI=1S/C22H26FN3O/c23-21-6-1-3-17(13-21)16-25-9-11-26(12-10-25)22(27)19-5-2-4-18(14-19)20-7-8-24-15-20/h1-6,13-14,20,24H,7-12,15-16H2/t20-/m0/s1. The van der Waals surface area contributed by atoms with Gasteiger partial charge < -0.3 is 10.2 Å². The molecule has 2 aromatic carbocycles. The van der Waals surface area contributed by atoms with E-state index in [2.05, 4.69) is 22.3 Å². The fourth-order valence-electron chi connectivity index (χ4n) is 4.05. The van der Waals surface area contributed by atoms with Gasteiger partial charge in [-0.05, 0) is 54.3 Å². The molecule has 0 radical (unpaired) electrons. The zero-order valence-electron chi connectivity index (χ0n) is 15.5. The lowest BCUT2D eigenvalue weighted by atomic mass is 9.96. The fourth-order valence-corrected chi connectivity index (χ4v) is 4.05. The Morgan fingerprint density at radius 2 is 1.89 bits per heavy atom. The molecule has 2 heterocycles. The zero-order valence-corrected chi connectivity index (χ0v) is 15.5. The molecule has 2 aromatic rings. The third kappa shape index (κ3) is 4.37. The molecule has 2 saturated heterocycles. The first-order valence-corrected chi connectivity index (χ1v) is 9.76. The SMILES string of the molecule is O=C(c1cccc([C@H]2CCNC2)c1)N1CCN(Cc2cccc(F)c2)CC1. The lowest BCUT2D eigenvalue weighted by molar-refractivity contribution is 0.0628. The van der Waals surface area contributed by atoms with E-state index in [9.17, 15) is 9.18 Å². The van der Waals surface area contributed by atoms with E-state index in [0.29, 0.717) is 19.0 Å². The molecule has 2 aliphatic heterocycles. The third-order valence-corrected chi connectivity index (χ3v) is 5.62. The van der Waals surface area contributed by atoms with Gasteiger partial charge in [0.15, 0.2) is 0 Å². The first-order chi connectivity index (χ1) is 13.2. The summed E-state index contributed by atoms with van der Waals surface area (Å²) in [7, 11) is 0. The van der Waals surface area contributed by atoms with Crippen LogP contribution < -0.4 is 5.32 Å². The molecule has 142 valence electrons. The third-order valence-electron chi connectivity index (χ3n) is 5.62. The van der Waals surface area contributed by atoms with E-state index in [1.165, 1.54) is 11.6 Å². The van der Waals surface area contributed by atoms with E-state index < -0.39 is 0 Å². The Hall–Kier alpha value is -2.24. The van der Waals surface area contributed by atoms with Crippen molar-refractivity contribution in [1.29, 1.82) is 0 Å². The number of carbonyl (C=O) groups excluding carboxylic acids is 1. The van der Waals surface area contributed by atoms with Crippen LogP contribution in [0.25, 0.3) is 0 Å². The fraction of sp³-hybridized carbons (Fsp3) is 0.409. The lowest BCUT2D eigenvalue weighted by Crippen LogP contribution is -2.48. The van der Waals surface area contributed by atoms with Gasteiger partial charge in [0.05, 0.1) is 0 Å². The molecule has 0 unspecified atom stereocenters. The second-order valence-corrected chi connectivity index (χ2v) is 7.51. The Labute approximate surface area is 160 Å². The van der Waals surface area contributed by atoms with Crippen molar-refractivity contribution in [2.45, 2.75) is 18.9 Å². The number of benzene rings is 2. The first kappa shape index (κ1) is 18.1. The second kappa shape index (κ2) is 8.19. The van der Waals surface area contributed by atoms with Crippen molar-refractivity contribution in [2.24, 2.45) is 0 Å². The minimum absolute atomic E-state index is 0.119. The summed E-state index contributed by atoms with van der Waals surface area (Å²) in [6.45, 7) is 5.83. The van der Waals surface area contributed by atoms with Crippen molar-refractivity contribution in [1.82, 2.24) is 15.1 Å². The monoisotopic (exact) mass is 367 g/mol. The maximum atomic E-state index is 13.3. The molecule has 2 fully saturated rings. The van der Waals surface area contributed by atoms with Crippen molar-refractivity contribution in [3.63, 3.8) is 0 Å². The quantitative estimate of drug-likeness (QED) is 0.903. The van der Waals surface area contributed by atoms with Crippen LogP contribution >= 0.6 is 0 Å². The predicted molar refractivity (Wildman–Crippen MR) is 104 cm³/mol. The minimum Gasteiger partial charge on any atom is -0.336 e. The van der Waals surface area contributed by atoms with Gasteiger partial charge in [0.2, 0.25) is 0 Å². The van der Waals surface area contributed by atoms with Crippen LogP contribution in [0.5, 0.6) is 0 Å². The summed E-state index contributed by atoms with van der Waals surface area (Å²) in [5.74, 6) is 0.438. The smallest absolute Gasteiger partial charge is 0.253 e. The van der Waals surface area contributed by atoms with Gasteiger partial charge in [0.1, 0.15) is 5.82 Å². The molecular weight excluding hydrogens is 341 g/mol. The Bertz CT molecular complexity index is 796. The van der Waals surface area contributed by atoms with Crippen molar-refractivity contribution < 1.29 is 9.18 Å². The molecule has 0 saturated carbocycles. The summed E-state index contributed by atoms with van der Waals surface area (Å²) in [5.41, 5.74) is 3.03. The van der Waals surface area contributed by atoms with Gasteiger partial charge in [-0.3, -0.25) is 9.69 Å². The van der Waals surface area contributed by atoms with Crippen LogP contribution in [0.2, 0.25) is 0 Å². The molecule has 4 nitrogen and oxygen atoms in total. The van der Waals surface area contributed by atoms with Crippen LogP contribution in [-0.4, -0.2) is 55.0 Å². The number of nitrogens with zero attached hydrogens (tertiary/aromatic N) is 2. The summed E-state index contributed by atoms with van der Waals surface area (Å²) in [6, 6.07) is 14.9. The van der Waals surface area contributed by atoms with E-state index in [1.807, 2.05) is 23.1 Å². The van der Waals surface area contributed by atoms with Crippen LogP contribution in [0.4, 0.5) is 4.39 Å². The molecule has 0 bridgehead atoms. The van der Waals surface area contributed by atoms with Crippen LogP contribution in [0.15, 0.2) is 48.5 Å². The van der Waals surface area contributed by atoms with E-state index in [4.69, 9.17) is 0 Å². The van der Waals surface area contributed by atoms with Crippen LogP contribution in [-0.2, 0) is 6.54 Å². The molecular formula is C22H26FN3O. The van der Waals surface area contributed by atoms with Gasteiger partial charge in [-0.25, -0.2) is 4.39 Å². The first-order valence-electron chi connectivity index (χ1n) is 9.76. The van der Waals surface area contributed by atoms with E-state index in [0.717, 1.165) is 50.3 Å². The summed E-state index contributed by atoms with van der Waals surface area (Å²) in [6.07, 6.45) is 1.14. The number of carbonyl (C=O) groups is 1. The van der Waals surface area contributed by atoms with Gasteiger partial charge in [0.25, 0.3) is 5.91 Å². The van der Waals surface area contributed by atoms with Crippen LogP contribution in [0.1, 0.15) is 33.8 Å². The minimum atomic E-state index is -0.196. The molecule has 1 atom stereocenters. The maximum absolute atomic E-state index is 13.3. The number of nitrogens with one attached hydrogen (secondary N) is 1. The topological polar surface area (TPSA) is 35.6 Å². The normalized spacial score (nSPS) is 20.8. The molecule has 0 aromatic heterocycles. The summed E-state index contributed by atoms with van der Waals surface area (Å²) in [4.78, 5) is 17.1. The Kier molecular flexibility index (Phi) is 5.50. The highest BCUT2D eigenvalue weighted by Gasteiger charge is 2.23. The summed E-state index contributed by atoms with van der Waals surface area (Å²) < 4.78 is 13.3. The van der Waals surface area contributed by atoms with E-state index in [1.54, 1.807) is 12.1 Å². The van der Waals surface area contributed by atoms with Gasteiger partial charge in [0, 0.05) is 44.8 Å². The highest BCUT2D eigenvalue weighted by molar-refractivity contribution is 5.94. The molecule has 1 amide bonds. The van der Waals surface area contributed by atoms with Gasteiger partial charge in [-0.1, -0.05) is 24.3 Å². The molecule has 4 rings (SSSR count). The lowest BCUT2D eigenvalue weighted by Gasteiger charge is -2.35. The maximum Gasteiger partial charge on any atom is 0.253 e. The Morgan fingerprint density at radius 3 is 2.63 bits per heavy atom. The number of hydrogen-bond donors (Lipinski definition) is 1. The van der Waals surface area contributed by atoms with E-state index in [-0.39, 0.29) is 11.7 Å². The predicted octanol–water partition coefficient (Wildman–Crippen LogP) is 2.86. The molecule has 1 N–H and O–H groups in total. The van der Waals surface area contributed by atoms with Gasteiger partial charge in [-0.2, -0.15) is 0 Å². The molecule has 0 spiro atoms. The number of halogens is 1. The molecule has 2 aliphatic rings. The number of amides is 1. The molecule has 5 heteroatoms. The number of hydrogen-bond acceptors (Lipinski definition) is 3. The zero-order chi connectivity index (χ0) is 18.6. The molecule has 27 heavy (non-hydrogen) atoms. The number of piperazine rings is 1. The van der Waals surface area contributed by atoms with Crippen molar-refractivity contribution in [2.75, 3.05) is 39.3 Å². The van der Waals surface area contributed by atoms with Crippen molar-refractivity contribution in [3.8, 4) is 0 Å². The molecule has 0 aliphatic carbocycles.